The number of hydrogen-bond acceptors (Lipinski definition) is 4. The van der Waals surface area contributed by atoms with Gasteiger partial charge in [-0.05, 0) is 36.4 Å². The Hall–Kier alpha value is -2.36. The highest BCUT2D eigenvalue weighted by atomic mass is 15.0. The van der Waals surface area contributed by atoms with E-state index in [2.05, 4.69) is 10.6 Å². The van der Waals surface area contributed by atoms with Crippen LogP contribution in [0.15, 0.2) is 36.4 Å². The molecule has 1 aliphatic heterocycles. The molecule has 80 valence electrons. The van der Waals surface area contributed by atoms with E-state index in [1.807, 2.05) is 36.4 Å². The maximum atomic E-state index is 5.74. The first-order valence-electron chi connectivity index (χ1n) is 5.05. The van der Waals surface area contributed by atoms with Gasteiger partial charge in [0.25, 0.3) is 0 Å². The van der Waals surface area contributed by atoms with Crippen LogP contribution in [0.25, 0.3) is 0 Å². The van der Waals surface area contributed by atoms with Crippen molar-refractivity contribution in [3.63, 3.8) is 0 Å². The van der Waals surface area contributed by atoms with Crippen molar-refractivity contribution < 1.29 is 0 Å². The van der Waals surface area contributed by atoms with Crippen molar-refractivity contribution in [2.24, 2.45) is 0 Å². The summed E-state index contributed by atoms with van der Waals surface area (Å²) in [5, 5.41) is 6.62. The quantitative estimate of drug-likeness (QED) is 0.432. The van der Waals surface area contributed by atoms with Gasteiger partial charge in [-0.25, -0.2) is 0 Å². The fourth-order valence-corrected chi connectivity index (χ4v) is 1.84. The summed E-state index contributed by atoms with van der Waals surface area (Å²) in [4.78, 5) is 0. The van der Waals surface area contributed by atoms with Gasteiger partial charge in [-0.3, -0.25) is 0 Å². The molecule has 6 N–H and O–H groups in total. The molecule has 0 radical (unpaired) electrons. The van der Waals surface area contributed by atoms with Crippen molar-refractivity contribution in [2.45, 2.75) is 0 Å². The standard InChI is InChI=1S/C12H12N4/c13-7-1-3-9-11(5-7)16-10-4-2-8(14)6-12(10)15-9/h1-6,15-16H,13-14H2. The molecule has 1 aliphatic rings. The van der Waals surface area contributed by atoms with E-state index < -0.39 is 0 Å². The third-order valence-electron chi connectivity index (χ3n) is 2.63. The molecule has 0 saturated heterocycles. The molecule has 2 aromatic carbocycles. The lowest BCUT2D eigenvalue weighted by molar-refractivity contribution is 1.45. The van der Waals surface area contributed by atoms with Gasteiger partial charge in [0.1, 0.15) is 0 Å². The summed E-state index contributed by atoms with van der Waals surface area (Å²) in [6, 6.07) is 11.4. The zero-order chi connectivity index (χ0) is 11.1. The summed E-state index contributed by atoms with van der Waals surface area (Å²) < 4.78 is 0. The fraction of sp³-hybridized carbons (Fsp3) is 0. The third kappa shape index (κ3) is 1.32. The van der Waals surface area contributed by atoms with Gasteiger partial charge in [-0.1, -0.05) is 0 Å². The van der Waals surface area contributed by atoms with Crippen LogP contribution >= 0.6 is 0 Å². The first kappa shape index (κ1) is 8.91. The first-order chi connectivity index (χ1) is 7.72. The molecule has 0 unspecified atom stereocenters. The Morgan fingerprint density at radius 3 is 1.50 bits per heavy atom. The SMILES string of the molecule is Nc1ccc2c(c1)Nc1ccc(N)cc1N2. The summed E-state index contributed by atoms with van der Waals surface area (Å²) >= 11 is 0. The number of nitrogen functional groups attached to an aromatic ring is 2. The van der Waals surface area contributed by atoms with Crippen molar-refractivity contribution in [3.05, 3.63) is 36.4 Å². The van der Waals surface area contributed by atoms with Crippen LogP contribution in [0.3, 0.4) is 0 Å². The molecule has 1 heterocycles. The Kier molecular flexibility index (Phi) is 1.71. The summed E-state index contributed by atoms with van der Waals surface area (Å²) in [6.45, 7) is 0. The monoisotopic (exact) mass is 212 g/mol. The summed E-state index contributed by atoms with van der Waals surface area (Å²) in [5.41, 5.74) is 16.9. The molecule has 2 aromatic rings. The molecular weight excluding hydrogens is 200 g/mol. The molecule has 0 atom stereocenters. The van der Waals surface area contributed by atoms with Crippen molar-refractivity contribution in [3.8, 4) is 0 Å². The summed E-state index contributed by atoms with van der Waals surface area (Å²) in [5.74, 6) is 0. The molecule has 3 rings (SSSR count). The second kappa shape index (κ2) is 3.06. The maximum Gasteiger partial charge on any atom is 0.0644 e. The topological polar surface area (TPSA) is 76.1 Å². The molecule has 0 aliphatic carbocycles. The molecule has 4 nitrogen and oxygen atoms in total. The van der Waals surface area contributed by atoms with E-state index in [1.54, 1.807) is 0 Å². The maximum absolute atomic E-state index is 5.74. The molecule has 4 heteroatoms. The van der Waals surface area contributed by atoms with Gasteiger partial charge < -0.3 is 22.1 Å². The second-order valence-electron chi connectivity index (χ2n) is 3.86. The molecular formula is C12H12N4. The van der Waals surface area contributed by atoms with Crippen molar-refractivity contribution >= 4 is 34.1 Å². The third-order valence-corrected chi connectivity index (χ3v) is 2.63. The number of fused-ring (bicyclic) bond motifs is 2. The van der Waals surface area contributed by atoms with Crippen LogP contribution in [0.5, 0.6) is 0 Å². The van der Waals surface area contributed by atoms with E-state index in [-0.39, 0.29) is 0 Å². The minimum absolute atomic E-state index is 0.743. The molecule has 0 bridgehead atoms. The Morgan fingerprint density at radius 1 is 0.625 bits per heavy atom. The Labute approximate surface area is 93.3 Å². The lowest BCUT2D eigenvalue weighted by atomic mass is 10.1. The lowest BCUT2D eigenvalue weighted by Crippen LogP contribution is -2.07. The molecule has 0 aromatic heterocycles. The normalized spacial score (nSPS) is 12.0. The number of nitrogens with two attached hydrogens (primary N) is 2. The largest absolute Gasteiger partial charge is 0.399 e. The molecule has 16 heavy (non-hydrogen) atoms. The highest BCUT2D eigenvalue weighted by molar-refractivity contribution is 5.92. The van der Waals surface area contributed by atoms with Crippen LogP contribution in [0.2, 0.25) is 0 Å². The number of benzene rings is 2. The number of rotatable bonds is 0. The van der Waals surface area contributed by atoms with Crippen molar-refractivity contribution in [1.82, 2.24) is 0 Å². The summed E-state index contributed by atoms with van der Waals surface area (Å²) in [6.07, 6.45) is 0. The highest BCUT2D eigenvalue weighted by Crippen LogP contribution is 2.39. The highest BCUT2D eigenvalue weighted by Gasteiger charge is 2.13. The van der Waals surface area contributed by atoms with Crippen molar-refractivity contribution in [2.75, 3.05) is 22.1 Å². The van der Waals surface area contributed by atoms with Gasteiger partial charge >= 0.3 is 0 Å². The van der Waals surface area contributed by atoms with E-state index in [9.17, 15) is 0 Å². The van der Waals surface area contributed by atoms with Crippen LogP contribution in [-0.4, -0.2) is 0 Å². The van der Waals surface area contributed by atoms with E-state index in [0.717, 1.165) is 34.1 Å². The molecule has 0 saturated carbocycles. The Morgan fingerprint density at radius 2 is 1.06 bits per heavy atom. The van der Waals surface area contributed by atoms with Crippen LogP contribution in [0.1, 0.15) is 0 Å². The van der Waals surface area contributed by atoms with E-state index in [0.29, 0.717) is 0 Å². The second-order valence-corrected chi connectivity index (χ2v) is 3.86. The van der Waals surface area contributed by atoms with Crippen LogP contribution in [-0.2, 0) is 0 Å². The number of hydrogen-bond donors (Lipinski definition) is 4. The predicted octanol–water partition coefficient (Wildman–Crippen LogP) is 2.65. The minimum atomic E-state index is 0.743. The average Bonchev–Trinajstić information content (AvgIpc) is 2.26. The van der Waals surface area contributed by atoms with E-state index >= 15 is 0 Å². The van der Waals surface area contributed by atoms with Gasteiger partial charge in [0.15, 0.2) is 0 Å². The summed E-state index contributed by atoms with van der Waals surface area (Å²) in [7, 11) is 0. The fourth-order valence-electron chi connectivity index (χ4n) is 1.84. The minimum Gasteiger partial charge on any atom is -0.399 e. The number of anilines is 6. The smallest absolute Gasteiger partial charge is 0.0644 e. The molecule has 0 spiro atoms. The number of nitrogens with one attached hydrogen (secondary N) is 2. The first-order valence-corrected chi connectivity index (χ1v) is 5.05. The van der Waals surface area contributed by atoms with Gasteiger partial charge in [0.05, 0.1) is 22.7 Å². The van der Waals surface area contributed by atoms with Crippen LogP contribution in [0.4, 0.5) is 34.1 Å². The lowest BCUT2D eigenvalue weighted by Gasteiger charge is -2.23. The Balaban J connectivity index is 2.09. The predicted molar refractivity (Wildman–Crippen MR) is 68.3 cm³/mol. The van der Waals surface area contributed by atoms with E-state index in [4.69, 9.17) is 11.5 Å². The zero-order valence-electron chi connectivity index (χ0n) is 8.62. The zero-order valence-corrected chi connectivity index (χ0v) is 8.62. The van der Waals surface area contributed by atoms with Crippen molar-refractivity contribution in [1.29, 1.82) is 0 Å². The average molecular weight is 212 g/mol. The van der Waals surface area contributed by atoms with Gasteiger partial charge in [0, 0.05) is 11.4 Å². The van der Waals surface area contributed by atoms with Gasteiger partial charge in [-0.2, -0.15) is 0 Å². The van der Waals surface area contributed by atoms with Crippen LogP contribution in [0, 0.1) is 0 Å². The Bertz CT molecular complexity index is 511. The molecule has 0 fully saturated rings. The van der Waals surface area contributed by atoms with Gasteiger partial charge in [-0.15, -0.1) is 0 Å². The van der Waals surface area contributed by atoms with Crippen LogP contribution < -0.4 is 22.1 Å². The van der Waals surface area contributed by atoms with E-state index in [1.165, 1.54) is 0 Å². The van der Waals surface area contributed by atoms with Gasteiger partial charge in [0.2, 0.25) is 0 Å². The molecule has 0 amide bonds.